The van der Waals surface area contributed by atoms with E-state index in [0.29, 0.717) is 12.1 Å². The fourth-order valence-corrected chi connectivity index (χ4v) is 3.35. The summed E-state index contributed by atoms with van der Waals surface area (Å²) in [7, 11) is 2.09. The van der Waals surface area contributed by atoms with Crippen LogP contribution in [0.4, 0.5) is 0 Å². The van der Waals surface area contributed by atoms with Crippen LogP contribution in [0.1, 0.15) is 49.4 Å². The number of piperidine rings is 1. The lowest BCUT2D eigenvalue weighted by Gasteiger charge is -2.39. The molecule has 112 valence electrons. The molecule has 0 aromatic heterocycles. The highest BCUT2D eigenvalue weighted by molar-refractivity contribution is 5.33. The molecule has 1 aliphatic heterocycles. The number of aryl methyl sites for hydroxylation is 2. The molecule has 2 rings (SSSR count). The summed E-state index contributed by atoms with van der Waals surface area (Å²) >= 11 is 0. The lowest BCUT2D eigenvalue weighted by atomic mass is 9.93. The Morgan fingerprint density at radius 3 is 2.70 bits per heavy atom. The average molecular weight is 274 g/mol. The van der Waals surface area contributed by atoms with Crippen LogP contribution in [0.15, 0.2) is 18.2 Å². The number of likely N-dealkylation sites (N-methyl/N-ethyl adjacent to an activating group) is 1. The number of nitrogens with zero attached hydrogens (tertiary/aromatic N) is 1. The second kappa shape index (κ2) is 6.73. The van der Waals surface area contributed by atoms with Gasteiger partial charge in [0.25, 0.3) is 0 Å². The summed E-state index contributed by atoms with van der Waals surface area (Å²) in [6.45, 7) is 11.5. The molecule has 3 unspecified atom stereocenters. The van der Waals surface area contributed by atoms with Crippen LogP contribution in [-0.4, -0.2) is 31.1 Å². The van der Waals surface area contributed by atoms with Gasteiger partial charge in [-0.15, -0.1) is 0 Å². The molecule has 1 N–H and O–H groups in total. The highest BCUT2D eigenvalue weighted by atomic mass is 15.2. The molecule has 1 aliphatic rings. The number of benzene rings is 1. The monoisotopic (exact) mass is 274 g/mol. The third-order valence-electron chi connectivity index (χ3n) is 4.82. The second-order valence-corrected chi connectivity index (χ2v) is 6.69. The van der Waals surface area contributed by atoms with Gasteiger partial charge in [0.05, 0.1) is 0 Å². The summed E-state index contributed by atoms with van der Waals surface area (Å²) in [5.41, 5.74) is 4.21. The molecule has 3 atom stereocenters. The van der Waals surface area contributed by atoms with Gasteiger partial charge in [0.15, 0.2) is 0 Å². The Kier molecular flexibility index (Phi) is 5.22. The molecular weight excluding hydrogens is 244 g/mol. The van der Waals surface area contributed by atoms with E-state index in [1.165, 1.54) is 36.1 Å². The SMILES string of the molecule is CNC(CN1CC(C)CCC1C)c1cc(C)ccc1C. The largest absolute Gasteiger partial charge is 0.312 e. The van der Waals surface area contributed by atoms with Crippen LogP contribution in [0.5, 0.6) is 0 Å². The highest BCUT2D eigenvalue weighted by Crippen LogP contribution is 2.26. The zero-order valence-corrected chi connectivity index (χ0v) is 13.7. The third-order valence-corrected chi connectivity index (χ3v) is 4.82. The van der Waals surface area contributed by atoms with Crippen LogP contribution in [-0.2, 0) is 0 Å². The van der Waals surface area contributed by atoms with E-state index in [9.17, 15) is 0 Å². The van der Waals surface area contributed by atoms with Crippen molar-refractivity contribution in [2.45, 2.75) is 52.6 Å². The Bertz CT molecular complexity index is 441. The predicted octanol–water partition coefficient (Wildman–Crippen LogP) is 3.68. The normalized spacial score (nSPS) is 25.6. The maximum Gasteiger partial charge on any atom is 0.0449 e. The van der Waals surface area contributed by atoms with Crippen molar-refractivity contribution < 1.29 is 0 Å². The van der Waals surface area contributed by atoms with Crippen molar-refractivity contribution in [3.05, 3.63) is 34.9 Å². The van der Waals surface area contributed by atoms with Crippen molar-refractivity contribution in [2.75, 3.05) is 20.1 Å². The summed E-state index contributed by atoms with van der Waals surface area (Å²) < 4.78 is 0. The van der Waals surface area contributed by atoms with Gasteiger partial charge < -0.3 is 5.32 Å². The first kappa shape index (κ1) is 15.5. The van der Waals surface area contributed by atoms with Crippen molar-refractivity contribution >= 4 is 0 Å². The zero-order valence-electron chi connectivity index (χ0n) is 13.7. The van der Waals surface area contributed by atoms with E-state index in [4.69, 9.17) is 0 Å². The Labute approximate surface area is 124 Å². The van der Waals surface area contributed by atoms with Crippen LogP contribution in [0.2, 0.25) is 0 Å². The average Bonchev–Trinajstić information content (AvgIpc) is 2.42. The lowest BCUT2D eigenvalue weighted by Crippen LogP contribution is -2.45. The van der Waals surface area contributed by atoms with Crippen molar-refractivity contribution in [1.29, 1.82) is 0 Å². The third kappa shape index (κ3) is 3.62. The molecule has 0 radical (unpaired) electrons. The predicted molar refractivity (Wildman–Crippen MR) is 87.1 cm³/mol. The summed E-state index contributed by atoms with van der Waals surface area (Å²) in [6.07, 6.45) is 2.72. The fraction of sp³-hybridized carbons (Fsp3) is 0.667. The van der Waals surface area contributed by atoms with E-state index in [1.807, 2.05) is 0 Å². The number of nitrogens with one attached hydrogen (secondary N) is 1. The van der Waals surface area contributed by atoms with Gasteiger partial charge >= 0.3 is 0 Å². The first-order valence-corrected chi connectivity index (χ1v) is 7.99. The molecule has 0 saturated carbocycles. The summed E-state index contributed by atoms with van der Waals surface area (Å²) in [4.78, 5) is 2.66. The molecule has 0 aliphatic carbocycles. The standard InChI is InChI=1S/C18H30N2/c1-13-6-8-15(3)17(10-13)18(19-5)12-20-11-14(2)7-9-16(20)4/h6,8,10,14,16,18-19H,7,9,11-12H2,1-5H3. The van der Waals surface area contributed by atoms with E-state index >= 15 is 0 Å². The second-order valence-electron chi connectivity index (χ2n) is 6.69. The van der Waals surface area contributed by atoms with Crippen LogP contribution >= 0.6 is 0 Å². The van der Waals surface area contributed by atoms with Crippen LogP contribution < -0.4 is 5.32 Å². The molecule has 2 heteroatoms. The van der Waals surface area contributed by atoms with Gasteiger partial charge in [-0.3, -0.25) is 4.90 Å². The minimum absolute atomic E-state index is 0.433. The molecular formula is C18H30N2. The molecule has 20 heavy (non-hydrogen) atoms. The van der Waals surface area contributed by atoms with Gasteiger partial charge in [-0.2, -0.15) is 0 Å². The van der Waals surface area contributed by atoms with Gasteiger partial charge in [-0.25, -0.2) is 0 Å². The fourth-order valence-electron chi connectivity index (χ4n) is 3.35. The number of rotatable bonds is 4. The van der Waals surface area contributed by atoms with Crippen molar-refractivity contribution in [3.63, 3.8) is 0 Å². The van der Waals surface area contributed by atoms with Gasteiger partial charge in [-0.05, 0) is 57.7 Å². The van der Waals surface area contributed by atoms with E-state index in [2.05, 4.69) is 63.2 Å². The van der Waals surface area contributed by atoms with Crippen LogP contribution in [0.3, 0.4) is 0 Å². The quantitative estimate of drug-likeness (QED) is 0.901. The molecule has 1 heterocycles. The van der Waals surface area contributed by atoms with Gasteiger partial charge in [0.2, 0.25) is 0 Å². The lowest BCUT2D eigenvalue weighted by molar-refractivity contribution is 0.113. The van der Waals surface area contributed by atoms with E-state index < -0.39 is 0 Å². The van der Waals surface area contributed by atoms with Gasteiger partial charge in [0, 0.05) is 25.2 Å². The maximum absolute atomic E-state index is 3.53. The zero-order chi connectivity index (χ0) is 14.7. The minimum Gasteiger partial charge on any atom is -0.312 e. The molecule has 0 spiro atoms. The van der Waals surface area contributed by atoms with Crippen LogP contribution in [0.25, 0.3) is 0 Å². The summed E-state index contributed by atoms with van der Waals surface area (Å²) in [5, 5.41) is 3.53. The molecule has 1 fully saturated rings. The minimum atomic E-state index is 0.433. The Hall–Kier alpha value is -0.860. The molecule has 2 nitrogen and oxygen atoms in total. The first-order chi connectivity index (χ1) is 9.51. The molecule has 0 amide bonds. The topological polar surface area (TPSA) is 15.3 Å². The molecule has 1 aromatic rings. The Morgan fingerprint density at radius 2 is 2.00 bits per heavy atom. The van der Waals surface area contributed by atoms with Crippen molar-refractivity contribution in [3.8, 4) is 0 Å². The molecule has 0 bridgehead atoms. The summed E-state index contributed by atoms with van der Waals surface area (Å²) in [6, 6.07) is 7.94. The Balaban J connectivity index is 2.13. The smallest absolute Gasteiger partial charge is 0.0449 e. The van der Waals surface area contributed by atoms with Crippen molar-refractivity contribution in [1.82, 2.24) is 10.2 Å². The van der Waals surface area contributed by atoms with E-state index in [-0.39, 0.29) is 0 Å². The summed E-state index contributed by atoms with van der Waals surface area (Å²) in [5.74, 6) is 0.835. The number of hydrogen-bond acceptors (Lipinski definition) is 2. The number of hydrogen-bond donors (Lipinski definition) is 1. The van der Waals surface area contributed by atoms with E-state index in [0.717, 1.165) is 12.5 Å². The van der Waals surface area contributed by atoms with Crippen LogP contribution in [0, 0.1) is 19.8 Å². The molecule has 1 saturated heterocycles. The maximum atomic E-state index is 3.53. The highest BCUT2D eigenvalue weighted by Gasteiger charge is 2.25. The number of likely N-dealkylation sites (tertiary alicyclic amines) is 1. The van der Waals surface area contributed by atoms with Gasteiger partial charge in [0.1, 0.15) is 0 Å². The van der Waals surface area contributed by atoms with Gasteiger partial charge in [-0.1, -0.05) is 30.7 Å². The molecule has 1 aromatic carbocycles. The van der Waals surface area contributed by atoms with Crippen molar-refractivity contribution in [2.24, 2.45) is 5.92 Å². The Morgan fingerprint density at radius 1 is 1.25 bits per heavy atom. The van der Waals surface area contributed by atoms with E-state index in [1.54, 1.807) is 0 Å². The first-order valence-electron chi connectivity index (χ1n) is 7.99.